The summed E-state index contributed by atoms with van der Waals surface area (Å²) in [4.78, 5) is 21.2. The Kier molecular flexibility index (Phi) is 6.77. The van der Waals surface area contributed by atoms with Gasteiger partial charge in [0.15, 0.2) is 0 Å². The molecule has 35 heavy (non-hydrogen) atoms. The second kappa shape index (κ2) is 9.18. The topological polar surface area (TPSA) is 82.4 Å². The molecule has 6 nitrogen and oxygen atoms in total. The highest BCUT2D eigenvalue weighted by Gasteiger charge is 2.64. The lowest BCUT2D eigenvalue weighted by Crippen LogP contribution is -2.64. The quantitative estimate of drug-likeness (QED) is 0.590. The molecule has 1 saturated heterocycles. The van der Waals surface area contributed by atoms with Gasteiger partial charge in [-0.1, -0.05) is 13.8 Å². The van der Waals surface area contributed by atoms with Crippen molar-refractivity contribution in [3.8, 4) is 0 Å². The Morgan fingerprint density at radius 2 is 1.91 bits per heavy atom. The smallest absolute Gasteiger partial charge is 0.137 e. The van der Waals surface area contributed by atoms with Gasteiger partial charge in [-0.05, 0) is 87.9 Å². The second-order valence-electron chi connectivity index (χ2n) is 13.7. The molecule has 0 aromatic heterocycles. The molecule has 3 unspecified atom stereocenters. The number of aliphatic hydroxyl groups excluding tert-OH is 2. The minimum Gasteiger partial charge on any atom is -0.394 e. The predicted molar refractivity (Wildman–Crippen MR) is 137 cm³/mol. The number of ether oxygens (including phenoxy) is 1. The molecule has 0 spiro atoms. The molecule has 4 aliphatic carbocycles. The number of rotatable bonds is 4. The Morgan fingerprint density at radius 1 is 1.14 bits per heavy atom. The summed E-state index contributed by atoms with van der Waals surface area (Å²) in [6, 6.07) is 0.114. The van der Waals surface area contributed by atoms with Crippen molar-refractivity contribution in [3.05, 3.63) is 0 Å². The lowest BCUT2D eigenvalue weighted by molar-refractivity contribution is -0.176. The van der Waals surface area contributed by atoms with Gasteiger partial charge in [0, 0.05) is 43.1 Å². The minimum atomic E-state index is -0.316. The number of aliphatic imine (C=N–C) groups is 1. The summed E-state index contributed by atoms with van der Waals surface area (Å²) in [7, 11) is 0. The molecule has 0 bridgehead atoms. The van der Waals surface area contributed by atoms with Gasteiger partial charge in [-0.25, -0.2) is 0 Å². The highest BCUT2D eigenvalue weighted by Crippen LogP contribution is 2.66. The second-order valence-corrected chi connectivity index (χ2v) is 13.7. The molecule has 5 aliphatic rings. The summed E-state index contributed by atoms with van der Waals surface area (Å²) >= 11 is 0. The van der Waals surface area contributed by atoms with Crippen molar-refractivity contribution in [2.24, 2.45) is 45.4 Å². The Balaban J connectivity index is 1.41. The molecule has 2 N–H and O–H groups in total. The van der Waals surface area contributed by atoms with Gasteiger partial charge < -0.3 is 14.9 Å². The van der Waals surface area contributed by atoms with Gasteiger partial charge in [-0.2, -0.15) is 0 Å². The minimum absolute atomic E-state index is 0.00764. The van der Waals surface area contributed by atoms with Crippen molar-refractivity contribution in [2.45, 2.75) is 97.3 Å². The largest absolute Gasteiger partial charge is 0.394 e. The van der Waals surface area contributed by atoms with Gasteiger partial charge in [-0.3, -0.25) is 14.7 Å². The van der Waals surface area contributed by atoms with Crippen LogP contribution < -0.4 is 0 Å². The van der Waals surface area contributed by atoms with Crippen molar-refractivity contribution in [2.75, 3.05) is 32.8 Å². The number of ketones is 1. The average Bonchev–Trinajstić information content (AvgIpc) is 3.13. The first-order valence-electron chi connectivity index (χ1n) is 14.2. The van der Waals surface area contributed by atoms with Gasteiger partial charge in [-0.15, -0.1) is 0 Å². The van der Waals surface area contributed by atoms with E-state index in [1.807, 2.05) is 0 Å². The first-order chi connectivity index (χ1) is 16.5. The number of hydrogen-bond donors (Lipinski definition) is 2. The summed E-state index contributed by atoms with van der Waals surface area (Å²) in [5.74, 6) is 2.40. The number of hydrogen-bond acceptors (Lipinski definition) is 6. The van der Waals surface area contributed by atoms with Gasteiger partial charge in [0.05, 0.1) is 31.5 Å². The molecule has 6 heteroatoms. The zero-order chi connectivity index (χ0) is 25.2. The number of aliphatic hydroxyl groups is 2. The van der Waals surface area contributed by atoms with E-state index in [1.165, 1.54) is 6.42 Å². The van der Waals surface area contributed by atoms with E-state index in [-0.39, 0.29) is 41.1 Å². The lowest BCUT2D eigenvalue weighted by Gasteiger charge is -2.62. The monoisotopic (exact) mass is 488 g/mol. The highest BCUT2D eigenvalue weighted by atomic mass is 16.5. The fraction of sp³-hybridized carbons (Fsp3) is 0.931. The number of carbonyl (C=O) groups excluding carboxylic acids is 1. The van der Waals surface area contributed by atoms with Crippen molar-refractivity contribution >= 4 is 11.5 Å². The maximum Gasteiger partial charge on any atom is 0.137 e. The summed E-state index contributed by atoms with van der Waals surface area (Å²) in [6.45, 7) is 14.1. The van der Waals surface area contributed by atoms with E-state index in [0.29, 0.717) is 49.0 Å². The van der Waals surface area contributed by atoms with Gasteiger partial charge in [0.1, 0.15) is 5.78 Å². The zero-order valence-corrected chi connectivity index (χ0v) is 22.6. The third kappa shape index (κ3) is 4.24. The van der Waals surface area contributed by atoms with E-state index in [0.717, 1.165) is 50.9 Å². The average molecular weight is 489 g/mol. The van der Waals surface area contributed by atoms with E-state index in [4.69, 9.17) is 4.74 Å². The van der Waals surface area contributed by atoms with Crippen LogP contribution in [0.25, 0.3) is 0 Å². The molecule has 0 aromatic rings. The summed E-state index contributed by atoms with van der Waals surface area (Å²) in [6.07, 6.45) is 6.66. The Labute approximate surface area is 211 Å². The Morgan fingerprint density at radius 3 is 2.63 bits per heavy atom. The third-order valence-corrected chi connectivity index (χ3v) is 11.3. The lowest BCUT2D eigenvalue weighted by atomic mass is 9.43. The molecule has 5 rings (SSSR count). The van der Waals surface area contributed by atoms with Crippen LogP contribution in [0.5, 0.6) is 0 Å². The van der Waals surface area contributed by atoms with Gasteiger partial charge in [0.2, 0.25) is 0 Å². The number of morpholine rings is 1. The van der Waals surface area contributed by atoms with E-state index < -0.39 is 0 Å². The van der Waals surface area contributed by atoms with Crippen LogP contribution in [0.3, 0.4) is 0 Å². The summed E-state index contributed by atoms with van der Waals surface area (Å²) < 4.78 is 5.97. The number of carbonyl (C=O) groups is 1. The van der Waals surface area contributed by atoms with Crippen LogP contribution in [0.15, 0.2) is 4.99 Å². The first-order valence-corrected chi connectivity index (χ1v) is 14.2. The van der Waals surface area contributed by atoms with E-state index in [9.17, 15) is 15.0 Å². The van der Waals surface area contributed by atoms with Crippen LogP contribution in [-0.4, -0.2) is 77.2 Å². The van der Waals surface area contributed by atoms with Crippen LogP contribution in [0.1, 0.15) is 79.6 Å². The van der Waals surface area contributed by atoms with E-state index in [1.54, 1.807) is 0 Å². The highest BCUT2D eigenvalue weighted by molar-refractivity contribution is 5.89. The molecule has 0 aromatic carbocycles. The number of nitrogens with zero attached hydrogens (tertiary/aromatic N) is 2. The Hall–Kier alpha value is -0.820. The van der Waals surface area contributed by atoms with Gasteiger partial charge in [0.25, 0.3) is 0 Å². The van der Waals surface area contributed by atoms with Crippen molar-refractivity contribution in [3.63, 3.8) is 0 Å². The molecule has 1 aliphatic heterocycles. The first kappa shape index (κ1) is 25.8. The van der Waals surface area contributed by atoms with Crippen LogP contribution in [0.2, 0.25) is 0 Å². The normalized spacial score (nSPS) is 48.3. The summed E-state index contributed by atoms with van der Waals surface area (Å²) in [5.41, 5.74) is 0.894. The molecule has 5 fully saturated rings. The molecule has 198 valence electrons. The van der Waals surface area contributed by atoms with Crippen molar-refractivity contribution < 1.29 is 19.7 Å². The summed E-state index contributed by atoms with van der Waals surface area (Å²) in [5, 5.41) is 20.5. The van der Waals surface area contributed by atoms with E-state index >= 15 is 0 Å². The van der Waals surface area contributed by atoms with Gasteiger partial charge >= 0.3 is 0 Å². The number of fused-ring (bicyclic) bond motifs is 5. The maximum atomic E-state index is 14.1. The van der Waals surface area contributed by atoms with Crippen molar-refractivity contribution in [1.29, 1.82) is 0 Å². The predicted octanol–water partition coefficient (Wildman–Crippen LogP) is 3.73. The molecular formula is C29H48N2O4. The van der Waals surface area contributed by atoms with Crippen LogP contribution >= 0.6 is 0 Å². The van der Waals surface area contributed by atoms with Crippen LogP contribution in [0.4, 0.5) is 0 Å². The number of Topliss-reactive ketones (excluding diaryl/α,β-unsaturated/α-hetero) is 1. The van der Waals surface area contributed by atoms with Crippen LogP contribution in [-0.2, 0) is 9.53 Å². The molecule has 0 radical (unpaired) electrons. The molecule has 0 amide bonds. The molecule has 9 atom stereocenters. The Bertz CT molecular complexity index is 858. The fourth-order valence-corrected chi connectivity index (χ4v) is 9.83. The van der Waals surface area contributed by atoms with E-state index in [2.05, 4.69) is 44.5 Å². The molecular weight excluding hydrogens is 440 g/mol. The third-order valence-electron chi connectivity index (χ3n) is 11.3. The molecule has 1 heterocycles. The zero-order valence-electron chi connectivity index (χ0n) is 22.6. The fourth-order valence-electron chi connectivity index (χ4n) is 9.83. The van der Waals surface area contributed by atoms with Crippen molar-refractivity contribution in [1.82, 2.24) is 4.90 Å². The molecule has 4 saturated carbocycles. The van der Waals surface area contributed by atoms with Crippen LogP contribution in [0, 0.1) is 40.4 Å². The maximum absolute atomic E-state index is 14.1. The standard InChI is InChI=1S/C29H48N2O4/c1-18(30-10-12-32)21-8-9-22-20-7-6-19-14-24(33)23(31-11-13-35-27(2,3)17-31)15-28(19,4)26(20)25(34)16-29(21,22)5/h19-24,26,32-33H,6-17H2,1-5H3/t19?,20-,21+,22-,23?,24?,26+,28-,29+/m0/s1. The SMILES string of the molecule is CC(=NCCO)[C@H]1CC[C@H]2[C@@H]3CCC4CC(O)C(N5CCOC(C)(C)C5)C[C@]4(C)[C@H]3C(=O)C[C@]12C.